The summed E-state index contributed by atoms with van der Waals surface area (Å²) < 4.78 is 0. The summed E-state index contributed by atoms with van der Waals surface area (Å²) >= 11 is 5.77. The Morgan fingerprint density at radius 2 is 2.00 bits per heavy atom. The predicted molar refractivity (Wildman–Crippen MR) is 83.8 cm³/mol. The predicted octanol–water partition coefficient (Wildman–Crippen LogP) is 2.61. The van der Waals surface area contributed by atoms with Crippen LogP contribution in [0.3, 0.4) is 0 Å². The number of hydrogen-bond donors (Lipinski definition) is 3. The zero-order valence-corrected chi connectivity index (χ0v) is 11.8. The molecule has 0 aromatic heterocycles. The van der Waals surface area contributed by atoms with E-state index in [1.807, 2.05) is 0 Å². The summed E-state index contributed by atoms with van der Waals surface area (Å²) in [6.07, 6.45) is 1.46. The van der Waals surface area contributed by atoms with Crippen LogP contribution in [0.25, 0.3) is 0 Å². The number of hydrogen-bond acceptors (Lipinski definition) is 4. The number of carbonyl (C=O) groups excluding carboxylic acids is 1. The molecule has 0 unspecified atom stereocenters. The van der Waals surface area contributed by atoms with Crippen molar-refractivity contribution < 1.29 is 9.90 Å². The van der Waals surface area contributed by atoms with E-state index >= 15 is 0 Å². The molecule has 0 aliphatic rings. The Bertz CT molecular complexity index is 642. The first-order valence-corrected chi connectivity index (χ1v) is 6.61. The van der Waals surface area contributed by atoms with Crippen LogP contribution in [-0.2, 0) is 4.79 Å². The lowest BCUT2D eigenvalue weighted by Gasteiger charge is -2.05. The van der Waals surface area contributed by atoms with Crippen molar-refractivity contribution >= 4 is 29.4 Å². The van der Waals surface area contributed by atoms with Crippen molar-refractivity contribution in [2.45, 2.75) is 0 Å². The van der Waals surface area contributed by atoms with E-state index in [4.69, 9.17) is 11.6 Å². The summed E-state index contributed by atoms with van der Waals surface area (Å²) in [5, 5.41) is 16.7. The Balaban J connectivity index is 1.78. The van der Waals surface area contributed by atoms with Gasteiger partial charge in [0.05, 0.1) is 12.8 Å². The summed E-state index contributed by atoms with van der Waals surface area (Å²) in [5.74, 6) is -0.129. The number of carbonyl (C=O) groups is 1. The Hall–Kier alpha value is -2.53. The zero-order valence-electron chi connectivity index (χ0n) is 11.1. The van der Waals surface area contributed by atoms with Gasteiger partial charge >= 0.3 is 0 Å². The Kier molecular flexibility index (Phi) is 5.17. The normalized spacial score (nSPS) is 10.5. The summed E-state index contributed by atoms with van der Waals surface area (Å²) in [5.41, 5.74) is 3.89. The lowest BCUT2D eigenvalue weighted by atomic mass is 10.2. The molecular formula is C15H14ClN3O2. The van der Waals surface area contributed by atoms with Gasteiger partial charge in [0.2, 0.25) is 0 Å². The van der Waals surface area contributed by atoms with Crippen molar-refractivity contribution in [2.24, 2.45) is 5.10 Å². The quantitative estimate of drug-likeness (QED) is 0.587. The molecule has 0 bridgehead atoms. The van der Waals surface area contributed by atoms with Gasteiger partial charge in [-0.15, -0.1) is 0 Å². The molecule has 2 rings (SSSR count). The Morgan fingerprint density at radius 3 is 2.71 bits per heavy atom. The minimum Gasteiger partial charge on any atom is -0.508 e. The Labute approximate surface area is 127 Å². The van der Waals surface area contributed by atoms with Crippen molar-refractivity contribution in [3.63, 3.8) is 0 Å². The molecule has 108 valence electrons. The maximum Gasteiger partial charge on any atom is 0.259 e. The van der Waals surface area contributed by atoms with Crippen molar-refractivity contribution in [3.05, 3.63) is 59.1 Å². The summed E-state index contributed by atoms with van der Waals surface area (Å²) in [7, 11) is 0. The van der Waals surface area contributed by atoms with E-state index < -0.39 is 0 Å². The molecule has 5 nitrogen and oxygen atoms in total. The molecule has 0 aliphatic heterocycles. The lowest BCUT2D eigenvalue weighted by molar-refractivity contribution is -0.119. The molecular weight excluding hydrogens is 290 g/mol. The third-order valence-corrected chi connectivity index (χ3v) is 2.82. The molecule has 1 amide bonds. The molecule has 3 N–H and O–H groups in total. The summed E-state index contributed by atoms with van der Waals surface area (Å²) in [4.78, 5) is 11.6. The van der Waals surface area contributed by atoms with E-state index in [1.54, 1.807) is 48.5 Å². The average molecular weight is 304 g/mol. The number of rotatable bonds is 5. The Morgan fingerprint density at radius 1 is 1.24 bits per heavy atom. The summed E-state index contributed by atoms with van der Waals surface area (Å²) in [6.45, 7) is 0.0962. The van der Waals surface area contributed by atoms with Crippen LogP contribution in [-0.4, -0.2) is 23.8 Å². The number of halogens is 1. The van der Waals surface area contributed by atoms with Crippen LogP contribution >= 0.6 is 11.6 Å². The SMILES string of the molecule is O=C(CNc1ccc(Cl)cc1)N/N=C\c1cccc(O)c1. The minimum absolute atomic E-state index is 0.0962. The van der Waals surface area contributed by atoms with Crippen LogP contribution in [0.15, 0.2) is 53.6 Å². The van der Waals surface area contributed by atoms with Gasteiger partial charge in [-0.1, -0.05) is 23.7 Å². The second-order valence-electron chi connectivity index (χ2n) is 4.25. The number of benzene rings is 2. The molecule has 0 spiro atoms. The fourth-order valence-electron chi connectivity index (χ4n) is 1.57. The van der Waals surface area contributed by atoms with Crippen molar-refractivity contribution in [2.75, 3.05) is 11.9 Å². The highest BCUT2D eigenvalue weighted by atomic mass is 35.5. The molecule has 2 aromatic carbocycles. The standard InChI is InChI=1S/C15H14ClN3O2/c16-12-4-6-13(7-5-12)17-10-15(21)19-18-9-11-2-1-3-14(20)8-11/h1-9,17,20H,10H2,(H,19,21)/b18-9-. The van der Waals surface area contributed by atoms with Crippen LogP contribution in [0.1, 0.15) is 5.56 Å². The minimum atomic E-state index is -0.277. The largest absolute Gasteiger partial charge is 0.508 e. The average Bonchev–Trinajstić information content (AvgIpc) is 2.47. The second-order valence-corrected chi connectivity index (χ2v) is 4.69. The van der Waals surface area contributed by atoms with E-state index in [1.165, 1.54) is 6.21 Å². The highest BCUT2D eigenvalue weighted by Crippen LogP contribution is 2.12. The zero-order chi connectivity index (χ0) is 15.1. The van der Waals surface area contributed by atoms with Gasteiger partial charge in [-0.25, -0.2) is 5.43 Å². The molecule has 0 saturated heterocycles. The first-order chi connectivity index (χ1) is 10.1. The van der Waals surface area contributed by atoms with Crippen molar-refractivity contribution in [1.29, 1.82) is 0 Å². The monoisotopic (exact) mass is 303 g/mol. The number of amides is 1. The maximum absolute atomic E-state index is 11.6. The van der Waals surface area contributed by atoms with E-state index in [9.17, 15) is 9.90 Å². The molecule has 0 saturated carbocycles. The third kappa shape index (κ3) is 5.16. The fraction of sp³-hybridized carbons (Fsp3) is 0.0667. The molecule has 21 heavy (non-hydrogen) atoms. The molecule has 0 radical (unpaired) electrons. The first kappa shape index (κ1) is 14.9. The van der Waals surface area contributed by atoms with E-state index in [0.717, 1.165) is 5.69 Å². The fourth-order valence-corrected chi connectivity index (χ4v) is 1.70. The van der Waals surface area contributed by atoms with Gasteiger partial charge in [-0.3, -0.25) is 4.79 Å². The van der Waals surface area contributed by atoms with Crippen molar-refractivity contribution in [1.82, 2.24) is 5.43 Å². The molecule has 0 heterocycles. The number of nitrogens with one attached hydrogen (secondary N) is 2. The number of anilines is 1. The number of phenols is 1. The molecule has 0 aliphatic carbocycles. The molecule has 6 heteroatoms. The van der Waals surface area contributed by atoms with Gasteiger partial charge in [0.15, 0.2) is 0 Å². The lowest BCUT2D eigenvalue weighted by Crippen LogP contribution is -2.25. The number of aromatic hydroxyl groups is 1. The number of phenolic OH excluding ortho intramolecular Hbond substituents is 1. The molecule has 0 fully saturated rings. The van der Waals surface area contributed by atoms with Gasteiger partial charge in [0.1, 0.15) is 5.75 Å². The van der Waals surface area contributed by atoms with E-state index in [2.05, 4.69) is 15.8 Å². The van der Waals surface area contributed by atoms with Crippen LogP contribution < -0.4 is 10.7 Å². The smallest absolute Gasteiger partial charge is 0.259 e. The maximum atomic E-state index is 11.6. The highest BCUT2D eigenvalue weighted by molar-refractivity contribution is 6.30. The van der Waals surface area contributed by atoms with Gasteiger partial charge in [0, 0.05) is 10.7 Å². The van der Waals surface area contributed by atoms with E-state index in [0.29, 0.717) is 10.6 Å². The van der Waals surface area contributed by atoms with Crippen LogP contribution in [0.4, 0.5) is 5.69 Å². The van der Waals surface area contributed by atoms with Crippen molar-refractivity contribution in [3.8, 4) is 5.75 Å². The van der Waals surface area contributed by atoms with Gasteiger partial charge < -0.3 is 10.4 Å². The van der Waals surface area contributed by atoms with Gasteiger partial charge in [0.25, 0.3) is 5.91 Å². The van der Waals surface area contributed by atoms with Gasteiger partial charge in [-0.2, -0.15) is 5.10 Å². The summed E-state index contributed by atoms with van der Waals surface area (Å²) in [6, 6.07) is 13.6. The topological polar surface area (TPSA) is 73.7 Å². The molecule has 0 atom stereocenters. The van der Waals surface area contributed by atoms with E-state index in [-0.39, 0.29) is 18.2 Å². The number of hydrazone groups is 1. The number of nitrogens with zero attached hydrogens (tertiary/aromatic N) is 1. The van der Waals surface area contributed by atoms with Crippen LogP contribution in [0.2, 0.25) is 5.02 Å². The highest BCUT2D eigenvalue weighted by Gasteiger charge is 1.99. The van der Waals surface area contributed by atoms with Gasteiger partial charge in [-0.05, 0) is 42.0 Å². The molecule has 2 aromatic rings. The second kappa shape index (κ2) is 7.31. The third-order valence-electron chi connectivity index (χ3n) is 2.57. The first-order valence-electron chi connectivity index (χ1n) is 6.24. The van der Waals surface area contributed by atoms with Crippen LogP contribution in [0.5, 0.6) is 5.75 Å². The van der Waals surface area contributed by atoms with Crippen LogP contribution in [0, 0.1) is 0 Å².